The van der Waals surface area contributed by atoms with Crippen LogP contribution in [-0.2, 0) is 14.3 Å². The van der Waals surface area contributed by atoms with Gasteiger partial charge in [-0.25, -0.2) is 4.79 Å². The maximum absolute atomic E-state index is 12.2. The molecule has 0 fully saturated rings. The summed E-state index contributed by atoms with van der Waals surface area (Å²) in [6.45, 7) is -0.424. The Morgan fingerprint density at radius 1 is 0.867 bits per heavy atom. The molecular weight excluding hydrogens is 406 g/mol. The second kappa shape index (κ2) is 10.3. The number of ether oxygens (including phenoxy) is 3. The highest BCUT2D eigenvalue weighted by atomic mass is 35.5. The van der Waals surface area contributed by atoms with Gasteiger partial charge in [0.25, 0.3) is 5.91 Å². The van der Waals surface area contributed by atoms with E-state index in [1.807, 2.05) is 36.4 Å². The van der Waals surface area contributed by atoms with Crippen LogP contribution >= 0.6 is 11.6 Å². The fourth-order valence-corrected chi connectivity index (χ4v) is 2.87. The molecule has 0 saturated carbocycles. The lowest BCUT2D eigenvalue weighted by atomic mass is 10.1. The standard InChI is InChI=1S/C23H20ClNO5/c1-28-23(27)15-29-19-9-5-8-18(13-19)25-22(26)14-30-21-11-10-17(12-20(21)24)16-6-3-2-4-7-16/h2-13H,14-15H2,1H3,(H,25,26). The van der Waals surface area contributed by atoms with Gasteiger partial charge in [-0.1, -0.05) is 54.1 Å². The van der Waals surface area contributed by atoms with E-state index in [1.54, 1.807) is 36.4 Å². The first-order valence-corrected chi connectivity index (χ1v) is 9.50. The molecule has 1 amide bonds. The van der Waals surface area contributed by atoms with Crippen LogP contribution in [0.4, 0.5) is 5.69 Å². The molecule has 0 aliphatic rings. The van der Waals surface area contributed by atoms with Crippen molar-refractivity contribution in [2.24, 2.45) is 0 Å². The minimum absolute atomic E-state index is 0.211. The molecule has 0 atom stereocenters. The number of amides is 1. The quantitative estimate of drug-likeness (QED) is 0.535. The maximum Gasteiger partial charge on any atom is 0.343 e. The topological polar surface area (TPSA) is 73.9 Å². The van der Waals surface area contributed by atoms with Crippen LogP contribution in [0.5, 0.6) is 11.5 Å². The number of hydrogen-bond donors (Lipinski definition) is 1. The number of halogens is 1. The summed E-state index contributed by atoms with van der Waals surface area (Å²) < 4.78 is 15.4. The van der Waals surface area contributed by atoms with Gasteiger partial charge < -0.3 is 19.5 Å². The van der Waals surface area contributed by atoms with E-state index in [-0.39, 0.29) is 19.1 Å². The average molecular weight is 426 g/mol. The summed E-state index contributed by atoms with van der Waals surface area (Å²) in [4.78, 5) is 23.4. The molecule has 0 radical (unpaired) electrons. The monoisotopic (exact) mass is 425 g/mol. The smallest absolute Gasteiger partial charge is 0.343 e. The lowest BCUT2D eigenvalue weighted by Crippen LogP contribution is -2.20. The number of esters is 1. The third-order valence-corrected chi connectivity index (χ3v) is 4.40. The zero-order valence-electron chi connectivity index (χ0n) is 16.3. The molecule has 154 valence electrons. The molecular formula is C23H20ClNO5. The Bertz CT molecular complexity index is 1020. The van der Waals surface area contributed by atoms with Crippen molar-refractivity contribution in [2.45, 2.75) is 0 Å². The largest absolute Gasteiger partial charge is 0.482 e. The molecule has 1 N–H and O–H groups in total. The van der Waals surface area contributed by atoms with Crippen molar-refractivity contribution in [2.75, 3.05) is 25.6 Å². The second-order valence-corrected chi connectivity index (χ2v) is 6.65. The summed E-state index contributed by atoms with van der Waals surface area (Å²) in [6, 6.07) is 21.9. The van der Waals surface area contributed by atoms with Gasteiger partial charge in [0.05, 0.1) is 12.1 Å². The summed E-state index contributed by atoms with van der Waals surface area (Å²) in [6.07, 6.45) is 0. The van der Waals surface area contributed by atoms with Crippen LogP contribution in [0.1, 0.15) is 0 Å². The molecule has 30 heavy (non-hydrogen) atoms. The summed E-state index contributed by atoms with van der Waals surface area (Å²) in [7, 11) is 1.28. The number of carbonyl (C=O) groups is 2. The van der Waals surface area contributed by atoms with Gasteiger partial charge >= 0.3 is 5.97 Å². The van der Waals surface area contributed by atoms with E-state index in [4.69, 9.17) is 21.1 Å². The molecule has 3 aromatic rings. The minimum atomic E-state index is -0.493. The third kappa shape index (κ3) is 5.99. The van der Waals surface area contributed by atoms with Crippen molar-refractivity contribution >= 4 is 29.2 Å². The fourth-order valence-electron chi connectivity index (χ4n) is 2.63. The summed E-state index contributed by atoms with van der Waals surface area (Å²) >= 11 is 6.30. The first-order chi connectivity index (χ1) is 14.5. The molecule has 0 spiro atoms. The average Bonchev–Trinajstić information content (AvgIpc) is 2.77. The van der Waals surface area contributed by atoms with Gasteiger partial charge in [-0.3, -0.25) is 4.79 Å². The van der Waals surface area contributed by atoms with Crippen molar-refractivity contribution in [1.29, 1.82) is 0 Å². The molecule has 6 nitrogen and oxygen atoms in total. The SMILES string of the molecule is COC(=O)COc1cccc(NC(=O)COc2ccc(-c3ccccc3)cc2Cl)c1. The minimum Gasteiger partial charge on any atom is -0.482 e. The summed E-state index contributed by atoms with van der Waals surface area (Å²) in [5.41, 5.74) is 2.51. The number of nitrogens with one attached hydrogen (secondary N) is 1. The van der Waals surface area contributed by atoms with Crippen LogP contribution in [0.2, 0.25) is 5.02 Å². The predicted octanol–water partition coefficient (Wildman–Crippen LogP) is 4.58. The van der Waals surface area contributed by atoms with E-state index in [1.165, 1.54) is 7.11 Å². The van der Waals surface area contributed by atoms with E-state index in [2.05, 4.69) is 10.1 Å². The molecule has 7 heteroatoms. The number of anilines is 1. The van der Waals surface area contributed by atoms with Crippen LogP contribution in [0, 0.1) is 0 Å². The highest BCUT2D eigenvalue weighted by molar-refractivity contribution is 6.32. The van der Waals surface area contributed by atoms with Gasteiger partial charge in [-0.15, -0.1) is 0 Å². The predicted molar refractivity (Wildman–Crippen MR) is 115 cm³/mol. The second-order valence-electron chi connectivity index (χ2n) is 6.24. The zero-order chi connectivity index (χ0) is 21.3. The van der Waals surface area contributed by atoms with E-state index in [0.717, 1.165) is 11.1 Å². The molecule has 0 saturated heterocycles. The van der Waals surface area contributed by atoms with E-state index < -0.39 is 5.97 Å². The Labute approximate surface area is 179 Å². The van der Waals surface area contributed by atoms with Crippen molar-refractivity contribution in [3.05, 3.63) is 77.8 Å². The first kappa shape index (κ1) is 21.2. The highest BCUT2D eigenvalue weighted by Gasteiger charge is 2.09. The van der Waals surface area contributed by atoms with Crippen molar-refractivity contribution in [1.82, 2.24) is 0 Å². The maximum atomic E-state index is 12.2. The van der Waals surface area contributed by atoms with Crippen molar-refractivity contribution < 1.29 is 23.8 Å². The Morgan fingerprint density at radius 3 is 2.40 bits per heavy atom. The Kier molecular flexibility index (Phi) is 7.29. The van der Waals surface area contributed by atoms with Crippen LogP contribution in [0.15, 0.2) is 72.8 Å². The van der Waals surface area contributed by atoms with Crippen LogP contribution in [0.25, 0.3) is 11.1 Å². The summed E-state index contributed by atoms with van der Waals surface area (Å²) in [5, 5.41) is 3.13. The summed E-state index contributed by atoms with van der Waals surface area (Å²) in [5.74, 6) is -0.00311. The fraction of sp³-hybridized carbons (Fsp3) is 0.130. The Morgan fingerprint density at radius 2 is 1.67 bits per heavy atom. The van der Waals surface area contributed by atoms with Crippen molar-refractivity contribution in [3.63, 3.8) is 0 Å². The van der Waals surface area contributed by atoms with E-state index in [0.29, 0.717) is 22.2 Å². The molecule has 3 aromatic carbocycles. The van der Waals surface area contributed by atoms with Gasteiger partial charge in [0, 0.05) is 11.8 Å². The molecule has 0 aromatic heterocycles. The molecule has 0 unspecified atom stereocenters. The number of benzene rings is 3. The van der Waals surface area contributed by atoms with E-state index in [9.17, 15) is 9.59 Å². The van der Waals surface area contributed by atoms with Gasteiger partial charge in [0.1, 0.15) is 11.5 Å². The lowest BCUT2D eigenvalue weighted by Gasteiger charge is -2.11. The van der Waals surface area contributed by atoms with E-state index >= 15 is 0 Å². The van der Waals surface area contributed by atoms with Crippen LogP contribution in [0.3, 0.4) is 0 Å². The van der Waals surface area contributed by atoms with Gasteiger partial charge in [0.2, 0.25) is 0 Å². The highest BCUT2D eigenvalue weighted by Crippen LogP contribution is 2.30. The third-order valence-electron chi connectivity index (χ3n) is 4.10. The van der Waals surface area contributed by atoms with Crippen LogP contribution in [-0.4, -0.2) is 32.2 Å². The first-order valence-electron chi connectivity index (χ1n) is 9.12. The number of methoxy groups -OCH3 is 1. The zero-order valence-corrected chi connectivity index (χ0v) is 17.0. The van der Waals surface area contributed by atoms with Gasteiger partial charge in [0.15, 0.2) is 13.2 Å². The molecule has 0 aliphatic carbocycles. The number of hydrogen-bond acceptors (Lipinski definition) is 5. The lowest BCUT2D eigenvalue weighted by molar-refractivity contribution is -0.142. The number of rotatable bonds is 8. The molecule has 0 aliphatic heterocycles. The van der Waals surface area contributed by atoms with Gasteiger partial charge in [-0.2, -0.15) is 0 Å². The van der Waals surface area contributed by atoms with Crippen molar-refractivity contribution in [3.8, 4) is 22.6 Å². The number of carbonyl (C=O) groups excluding carboxylic acids is 2. The Balaban J connectivity index is 1.55. The normalized spacial score (nSPS) is 10.2. The molecule has 0 bridgehead atoms. The molecule has 0 heterocycles. The van der Waals surface area contributed by atoms with Crippen LogP contribution < -0.4 is 14.8 Å². The Hall–Kier alpha value is -3.51. The van der Waals surface area contributed by atoms with Gasteiger partial charge in [-0.05, 0) is 35.4 Å². The molecule has 3 rings (SSSR count).